The molecular formula is C101H158N4O9. The van der Waals surface area contributed by atoms with Gasteiger partial charge in [-0.1, -0.05) is 398 Å². The van der Waals surface area contributed by atoms with Crippen molar-refractivity contribution in [2.24, 2.45) is 4.99 Å². The van der Waals surface area contributed by atoms with Crippen molar-refractivity contribution in [3.05, 3.63) is 136 Å². The van der Waals surface area contributed by atoms with Gasteiger partial charge in [-0.2, -0.15) is 0 Å². The van der Waals surface area contributed by atoms with Crippen molar-refractivity contribution in [3.63, 3.8) is 0 Å². The van der Waals surface area contributed by atoms with Gasteiger partial charge in [-0.25, -0.2) is 14.8 Å². The van der Waals surface area contributed by atoms with Crippen molar-refractivity contribution in [1.29, 1.82) is 0 Å². The summed E-state index contributed by atoms with van der Waals surface area (Å²) in [5.41, 5.74) is 4.04. The summed E-state index contributed by atoms with van der Waals surface area (Å²) in [7, 11) is 0. The lowest BCUT2D eigenvalue weighted by Crippen LogP contribution is -2.18. The number of hydrogen-bond donors (Lipinski definition) is 2. The van der Waals surface area contributed by atoms with E-state index in [9.17, 15) is 14.4 Å². The van der Waals surface area contributed by atoms with Crippen LogP contribution in [0, 0.1) is 6.92 Å². The Kier molecular flexibility index (Phi) is 54.1. The molecule has 2 amide bonds. The van der Waals surface area contributed by atoms with Crippen molar-refractivity contribution >= 4 is 35.1 Å². The number of nitrogens with zero attached hydrogens (tertiary/aromatic N) is 2. The highest BCUT2D eigenvalue weighted by atomic mass is 16.5. The molecule has 636 valence electrons. The van der Waals surface area contributed by atoms with Crippen LogP contribution in [0.1, 0.15) is 447 Å². The molecule has 114 heavy (non-hydrogen) atoms. The molecule has 1 atom stereocenters. The normalized spacial score (nSPS) is 12.6. The highest BCUT2D eigenvalue weighted by Gasteiger charge is 2.25. The standard InChI is InChI=1S/C101H158N4O9/c1-6-10-14-18-22-26-30-34-38-42-46-50-54-61-70-109-90-74-86(75-91(80-90)110-71-62-55-51-47-43-39-35-31-27-23-19-15-11-7-2)98(106)103-95-78-88(101(108)114-82-89-68-65-69-94(102-89)100-105-97(83-113-100)85-66-59-58-60-67-85)79-96(84(95)5)104-99(107)87-76-92(111-72-63-56-52-48-44-40-36-32-28-24-20-16-12-8-3)81-93(77-87)112-73-64-57-53-49-45-41-37-33-29-25-21-17-13-9-4/h58-60,65-69,74-81,97H,6-57,61-64,70-73,82-83H2,1-5H3,(H,103,106)(H,104,107)/t97-/m1/s1. The van der Waals surface area contributed by atoms with Gasteiger partial charge in [0.1, 0.15) is 47.9 Å². The van der Waals surface area contributed by atoms with E-state index in [2.05, 4.69) is 38.3 Å². The molecule has 1 aliphatic heterocycles. The Morgan fingerprint density at radius 2 is 0.649 bits per heavy atom. The number of rotatable bonds is 73. The molecule has 0 spiro atoms. The molecule has 13 heteroatoms. The Morgan fingerprint density at radius 1 is 0.351 bits per heavy atom. The van der Waals surface area contributed by atoms with Gasteiger partial charge in [0.05, 0.1) is 37.7 Å². The van der Waals surface area contributed by atoms with E-state index in [1.54, 1.807) is 42.5 Å². The molecule has 1 aromatic heterocycles. The van der Waals surface area contributed by atoms with Gasteiger partial charge < -0.3 is 39.1 Å². The third-order valence-corrected chi connectivity index (χ3v) is 22.7. The van der Waals surface area contributed by atoms with Crippen LogP contribution in [0.15, 0.2) is 102 Å². The molecule has 13 nitrogen and oxygen atoms in total. The summed E-state index contributed by atoms with van der Waals surface area (Å²) in [6.07, 6.45) is 71.3. The van der Waals surface area contributed by atoms with E-state index in [0.717, 1.165) is 56.9 Å². The van der Waals surface area contributed by atoms with Gasteiger partial charge in [0.15, 0.2) is 0 Å². The number of aromatic nitrogens is 1. The van der Waals surface area contributed by atoms with Gasteiger partial charge in [0, 0.05) is 34.6 Å². The van der Waals surface area contributed by atoms with Crippen molar-refractivity contribution < 1.29 is 42.8 Å². The Balaban J connectivity index is 1.17. The molecule has 0 unspecified atom stereocenters. The Morgan fingerprint density at radius 3 is 0.956 bits per heavy atom. The quantitative estimate of drug-likeness (QED) is 0.0284. The zero-order valence-corrected chi connectivity index (χ0v) is 72.7. The van der Waals surface area contributed by atoms with Crippen molar-refractivity contribution in [3.8, 4) is 23.0 Å². The summed E-state index contributed by atoms with van der Waals surface area (Å²) in [5, 5.41) is 6.31. The number of amides is 2. The van der Waals surface area contributed by atoms with Gasteiger partial charge in [-0.3, -0.25) is 9.59 Å². The maximum atomic E-state index is 15.0. The fourth-order valence-electron chi connectivity index (χ4n) is 15.4. The van der Waals surface area contributed by atoms with Crippen LogP contribution in [-0.4, -0.2) is 61.7 Å². The van der Waals surface area contributed by atoms with E-state index < -0.39 is 17.8 Å². The summed E-state index contributed by atoms with van der Waals surface area (Å²) in [4.78, 5) is 54.2. The fraction of sp³-hybridized carbons (Fsp3) is 0.673. The van der Waals surface area contributed by atoms with Crippen LogP contribution in [0.25, 0.3) is 0 Å². The van der Waals surface area contributed by atoms with E-state index in [1.807, 2.05) is 61.5 Å². The minimum atomic E-state index is -0.678. The van der Waals surface area contributed by atoms with E-state index in [4.69, 9.17) is 38.4 Å². The lowest BCUT2D eigenvalue weighted by Gasteiger charge is -2.18. The number of esters is 1. The van der Waals surface area contributed by atoms with Crippen LogP contribution in [-0.2, 0) is 16.1 Å². The van der Waals surface area contributed by atoms with Crippen LogP contribution >= 0.6 is 0 Å². The third kappa shape index (κ3) is 43.9. The number of carbonyl (C=O) groups is 3. The molecule has 4 aromatic carbocycles. The predicted octanol–water partition coefficient (Wildman–Crippen LogP) is 30.2. The molecule has 0 bridgehead atoms. The molecular weight excluding hydrogens is 1410 g/mol. The summed E-state index contributed by atoms with van der Waals surface area (Å²) < 4.78 is 38.0. The molecule has 2 N–H and O–H groups in total. The first-order valence-corrected chi connectivity index (χ1v) is 47.2. The van der Waals surface area contributed by atoms with E-state index >= 15 is 0 Å². The maximum absolute atomic E-state index is 15.0. The fourth-order valence-corrected chi connectivity index (χ4v) is 15.4. The highest BCUT2D eigenvalue weighted by molar-refractivity contribution is 6.09. The largest absolute Gasteiger partial charge is 0.493 e. The number of ether oxygens (including phenoxy) is 6. The van der Waals surface area contributed by atoms with Gasteiger partial charge >= 0.3 is 5.97 Å². The van der Waals surface area contributed by atoms with Crippen LogP contribution < -0.4 is 29.6 Å². The number of hydrogen-bond acceptors (Lipinski definition) is 11. The van der Waals surface area contributed by atoms with Crippen LogP contribution in [0.4, 0.5) is 11.4 Å². The second-order valence-electron chi connectivity index (χ2n) is 33.0. The summed E-state index contributed by atoms with van der Waals surface area (Å²) in [5.74, 6) is 1.13. The zero-order valence-electron chi connectivity index (χ0n) is 72.7. The Hall–Kier alpha value is -6.89. The predicted molar refractivity (Wildman–Crippen MR) is 478 cm³/mol. The monoisotopic (exact) mass is 1570 g/mol. The number of pyridine rings is 1. The molecule has 0 saturated carbocycles. The molecule has 2 heterocycles. The van der Waals surface area contributed by atoms with Crippen molar-refractivity contribution in [1.82, 2.24) is 4.98 Å². The number of nitrogens with one attached hydrogen (secondary N) is 2. The lowest BCUT2D eigenvalue weighted by atomic mass is 10.0. The number of unbranched alkanes of at least 4 members (excludes halogenated alkanes) is 52. The zero-order chi connectivity index (χ0) is 80.6. The molecule has 6 rings (SSSR count). The van der Waals surface area contributed by atoms with Gasteiger partial charge in [0.2, 0.25) is 5.90 Å². The van der Waals surface area contributed by atoms with Crippen molar-refractivity contribution in [2.45, 2.75) is 407 Å². The first kappa shape index (κ1) is 96.0. The molecule has 0 fully saturated rings. The topological polar surface area (TPSA) is 156 Å². The first-order valence-electron chi connectivity index (χ1n) is 47.2. The number of carbonyl (C=O) groups excluding carboxylic acids is 3. The number of benzene rings is 4. The van der Waals surface area contributed by atoms with E-state index in [0.29, 0.717) is 101 Å². The molecule has 5 aromatic rings. The molecule has 1 aliphatic rings. The average Bonchev–Trinajstić information content (AvgIpc) is 0.832. The summed E-state index contributed by atoms with van der Waals surface area (Å²) in [6.45, 7) is 13.3. The average molecular weight is 1570 g/mol. The number of anilines is 2. The SMILES string of the molecule is CCCCCCCCCCCCCCCCOc1cc(OCCCCCCCCCCCCCCCC)cc(C(=O)Nc2cc(C(=O)OCc3cccc(C4=N[C@@H](c5ccccc5)CO4)n3)cc(NC(=O)c3cc(OCCCCCCCCCCCCCCCC)cc(OCCCCCCCCCCCCCCCC)c3)c2C)c1. The van der Waals surface area contributed by atoms with Gasteiger partial charge in [-0.15, -0.1) is 0 Å². The molecule has 0 aliphatic carbocycles. The second kappa shape index (κ2) is 64.2. The summed E-state index contributed by atoms with van der Waals surface area (Å²) >= 11 is 0. The van der Waals surface area contributed by atoms with E-state index in [1.165, 1.54) is 308 Å². The van der Waals surface area contributed by atoms with E-state index in [-0.39, 0.29) is 18.2 Å². The molecule has 0 radical (unpaired) electrons. The Labute approximate surface area is 693 Å². The second-order valence-corrected chi connectivity index (χ2v) is 33.0. The highest BCUT2D eigenvalue weighted by Crippen LogP contribution is 2.33. The van der Waals surface area contributed by atoms with Gasteiger partial charge in [-0.05, 0) is 92.3 Å². The minimum absolute atomic E-state index is 0.112. The smallest absolute Gasteiger partial charge is 0.338 e. The van der Waals surface area contributed by atoms with Crippen molar-refractivity contribution in [2.75, 3.05) is 43.7 Å². The first-order chi connectivity index (χ1) is 56.2. The van der Waals surface area contributed by atoms with Crippen LogP contribution in [0.2, 0.25) is 0 Å². The minimum Gasteiger partial charge on any atom is -0.493 e. The van der Waals surface area contributed by atoms with Crippen LogP contribution in [0.3, 0.4) is 0 Å². The Bertz CT molecular complexity index is 3060. The van der Waals surface area contributed by atoms with Crippen LogP contribution in [0.5, 0.6) is 23.0 Å². The lowest BCUT2D eigenvalue weighted by molar-refractivity contribution is 0.0467. The van der Waals surface area contributed by atoms with Gasteiger partial charge in [0.25, 0.3) is 11.8 Å². The molecule has 0 saturated heterocycles. The maximum Gasteiger partial charge on any atom is 0.338 e. The third-order valence-electron chi connectivity index (χ3n) is 22.7. The number of aliphatic imine (C=N–C) groups is 1. The summed E-state index contributed by atoms with van der Waals surface area (Å²) in [6, 6.07) is 29.4.